The van der Waals surface area contributed by atoms with Crippen molar-refractivity contribution in [3.05, 3.63) is 62.6 Å². The molecule has 0 atom stereocenters. The highest BCUT2D eigenvalue weighted by molar-refractivity contribution is 7.16. The number of fused-ring (bicyclic) bond motifs is 1. The molecule has 7 heteroatoms. The minimum absolute atomic E-state index is 0.0104. The molecule has 0 bridgehead atoms. The van der Waals surface area contributed by atoms with Crippen molar-refractivity contribution >= 4 is 38.8 Å². The van der Waals surface area contributed by atoms with Gasteiger partial charge in [0.15, 0.2) is 0 Å². The monoisotopic (exact) mass is 327 g/mol. The van der Waals surface area contributed by atoms with E-state index in [1.165, 1.54) is 17.4 Å². The van der Waals surface area contributed by atoms with Crippen molar-refractivity contribution in [1.82, 2.24) is 4.98 Å². The third-order valence-corrected chi connectivity index (χ3v) is 4.47. The molecule has 0 radical (unpaired) electrons. The number of aromatic nitrogens is 1. The first-order chi connectivity index (χ1) is 11.0. The molecule has 1 N–H and O–H groups in total. The van der Waals surface area contributed by atoms with Crippen LogP contribution >= 0.6 is 11.3 Å². The smallest absolute Gasteiger partial charge is 0.274 e. The zero-order chi connectivity index (χ0) is 16.6. The van der Waals surface area contributed by atoms with Gasteiger partial charge in [0.1, 0.15) is 0 Å². The van der Waals surface area contributed by atoms with Crippen LogP contribution in [0.25, 0.3) is 10.2 Å². The number of carbonyl (C=O) groups excluding carboxylic acids is 1. The van der Waals surface area contributed by atoms with Gasteiger partial charge in [0.2, 0.25) is 0 Å². The minimum atomic E-state index is -0.451. The fourth-order valence-corrected chi connectivity index (χ4v) is 3.12. The summed E-state index contributed by atoms with van der Waals surface area (Å²) in [5.74, 6) is -0.299. The number of nitrogens with one attached hydrogen (secondary N) is 1. The lowest BCUT2D eigenvalue weighted by Crippen LogP contribution is -2.14. The molecular weight excluding hydrogens is 314 g/mol. The Kier molecular flexibility index (Phi) is 3.79. The van der Waals surface area contributed by atoms with Crippen LogP contribution in [0.2, 0.25) is 0 Å². The normalized spacial score (nSPS) is 10.7. The lowest BCUT2D eigenvalue weighted by atomic mass is 10.1. The van der Waals surface area contributed by atoms with E-state index in [4.69, 9.17) is 0 Å². The molecule has 2 aromatic carbocycles. The summed E-state index contributed by atoms with van der Waals surface area (Å²) in [5, 5.41) is 13.8. The highest BCUT2D eigenvalue weighted by atomic mass is 32.1. The van der Waals surface area contributed by atoms with Gasteiger partial charge in [-0.2, -0.15) is 0 Å². The van der Waals surface area contributed by atoms with Gasteiger partial charge in [0.25, 0.3) is 11.6 Å². The number of rotatable bonds is 3. The number of anilines is 1. The number of hydrogen-bond donors (Lipinski definition) is 1. The molecule has 0 fully saturated rings. The van der Waals surface area contributed by atoms with E-state index in [-0.39, 0.29) is 11.6 Å². The number of hydrogen-bond acceptors (Lipinski definition) is 5. The molecule has 3 aromatic rings. The van der Waals surface area contributed by atoms with E-state index in [1.54, 1.807) is 43.6 Å². The van der Waals surface area contributed by atoms with Crippen LogP contribution < -0.4 is 5.32 Å². The van der Waals surface area contributed by atoms with Gasteiger partial charge in [-0.1, -0.05) is 6.07 Å². The molecule has 1 amide bonds. The van der Waals surface area contributed by atoms with Crippen molar-refractivity contribution in [2.24, 2.45) is 0 Å². The maximum atomic E-state index is 12.5. The Labute approximate surface area is 135 Å². The number of amides is 1. The van der Waals surface area contributed by atoms with Gasteiger partial charge in [-0.25, -0.2) is 4.98 Å². The summed E-state index contributed by atoms with van der Waals surface area (Å²) in [6, 6.07) is 8.33. The number of thiazole rings is 1. The summed E-state index contributed by atoms with van der Waals surface area (Å²) in [5.41, 5.74) is 4.75. The lowest BCUT2D eigenvalue weighted by molar-refractivity contribution is -0.385. The van der Waals surface area contributed by atoms with Crippen LogP contribution in [0.5, 0.6) is 0 Å². The summed E-state index contributed by atoms with van der Waals surface area (Å²) in [6.45, 7) is 3.44. The molecule has 0 unspecified atom stereocenters. The van der Waals surface area contributed by atoms with Crippen LogP contribution in [0, 0.1) is 24.0 Å². The lowest BCUT2D eigenvalue weighted by Gasteiger charge is -2.12. The average molecular weight is 327 g/mol. The maximum absolute atomic E-state index is 12.5. The van der Waals surface area contributed by atoms with E-state index in [0.29, 0.717) is 16.8 Å². The molecule has 0 spiro atoms. The second-order valence-electron chi connectivity index (χ2n) is 5.15. The zero-order valence-corrected chi connectivity index (χ0v) is 13.3. The molecule has 1 heterocycles. The Bertz CT molecular complexity index is 933. The second-order valence-corrected chi connectivity index (χ2v) is 6.03. The van der Waals surface area contributed by atoms with Gasteiger partial charge >= 0.3 is 0 Å². The van der Waals surface area contributed by atoms with Crippen LogP contribution in [0.4, 0.5) is 11.4 Å². The molecule has 6 nitrogen and oxygen atoms in total. The number of aryl methyl sites for hydroxylation is 1. The summed E-state index contributed by atoms with van der Waals surface area (Å²) in [4.78, 5) is 27.2. The molecule has 0 saturated carbocycles. The third-order valence-electron chi connectivity index (χ3n) is 3.67. The number of nitro groups is 1. The van der Waals surface area contributed by atoms with Crippen LogP contribution in [0.15, 0.2) is 35.8 Å². The first-order valence-electron chi connectivity index (χ1n) is 6.86. The van der Waals surface area contributed by atoms with Gasteiger partial charge in [0, 0.05) is 11.6 Å². The first kappa shape index (κ1) is 15.1. The van der Waals surface area contributed by atoms with E-state index in [0.717, 1.165) is 15.8 Å². The van der Waals surface area contributed by atoms with Gasteiger partial charge in [-0.05, 0) is 37.6 Å². The quantitative estimate of drug-likeness (QED) is 0.580. The standard InChI is InChI=1S/C16H13N3O3S/c1-9-3-6-13(19(21)22)10(2)15(9)18-16(20)11-4-5-12-14(7-11)23-8-17-12/h3-8H,1-2H3,(H,18,20). The van der Waals surface area contributed by atoms with Gasteiger partial charge < -0.3 is 5.32 Å². The molecule has 23 heavy (non-hydrogen) atoms. The van der Waals surface area contributed by atoms with E-state index in [2.05, 4.69) is 10.3 Å². The van der Waals surface area contributed by atoms with Crippen molar-refractivity contribution in [3.8, 4) is 0 Å². The molecule has 0 aliphatic heterocycles. The van der Waals surface area contributed by atoms with Crippen LogP contribution in [0.3, 0.4) is 0 Å². The Hall–Kier alpha value is -2.80. The van der Waals surface area contributed by atoms with Crippen molar-refractivity contribution in [2.45, 2.75) is 13.8 Å². The average Bonchev–Trinajstić information content (AvgIpc) is 2.98. The number of carbonyl (C=O) groups is 1. The van der Waals surface area contributed by atoms with E-state index in [1.807, 2.05) is 0 Å². The largest absolute Gasteiger partial charge is 0.321 e. The molecule has 0 saturated heterocycles. The molecule has 1 aromatic heterocycles. The number of nitro benzene ring substituents is 1. The van der Waals surface area contributed by atoms with E-state index >= 15 is 0 Å². The molecule has 0 aliphatic carbocycles. The first-order valence-corrected chi connectivity index (χ1v) is 7.74. The zero-order valence-electron chi connectivity index (χ0n) is 12.5. The Morgan fingerprint density at radius 1 is 1.26 bits per heavy atom. The van der Waals surface area contributed by atoms with Crippen molar-refractivity contribution in [1.29, 1.82) is 0 Å². The van der Waals surface area contributed by atoms with E-state index in [9.17, 15) is 14.9 Å². The number of benzene rings is 2. The second kappa shape index (κ2) is 5.77. The summed E-state index contributed by atoms with van der Waals surface area (Å²) in [6.07, 6.45) is 0. The Morgan fingerprint density at radius 3 is 2.78 bits per heavy atom. The van der Waals surface area contributed by atoms with Crippen LogP contribution in [-0.4, -0.2) is 15.8 Å². The van der Waals surface area contributed by atoms with Crippen LogP contribution in [0.1, 0.15) is 21.5 Å². The summed E-state index contributed by atoms with van der Waals surface area (Å²) < 4.78 is 0.921. The van der Waals surface area contributed by atoms with Gasteiger partial charge in [-0.15, -0.1) is 11.3 Å². The van der Waals surface area contributed by atoms with Gasteiger partial charge in [-0.3, -0.25) is 14.9 Å². The predicted octanol–water partition coefficient (Wildman–Crippen LogP) is 4.07. The van der Waals surface area contributed by atoms with Crippen molar-refractivity contribution in [2.75, 3.05) is 5.32 Å². The van der Waals surface area contributed by atoms with Crippen molar-refractivity contribution in [3.63, 3.8) is 0 Å². The Balaban J connectivity index is 1.96. The topological polar surface area (TPSA) is 85.1 Å². The Morgan fingerprint density at radius 2 is 2.04 bits per heavy atom. The van der Waals surface area contributed by atoms with Gasteiger partial charge in [0.05, 0.1) is 31.9 Å². The highest BCUT2D eigenvalue weighted by Crippen LogP contribution is 2.29. The summed E-state index contributed by atoms with van der Waals surface area (Å²) >= 11 is 1.46. The number of nitrogens with zero attached hydrogens (tertiary/aromatic N) is 2. The van der Waals surface area contributed by atoms with Crippen molar-refractivity contribution < 1.29 is 9.72 Å². The molecule has 0 aliphatic rings. The fourth-order valence-electron chi connectivity index (χ4n) is 2.41. The molecule has 116 valence electrons. The minimum Gasteiger partial charge on any atom is -0.321 e. The predicted molar refractivity (Wildman–Crippen MR) is 90.1 cm³/mol. The summed E-state index contributed by atoms with van der Waals surface area (Å²) in [7, 11) is 0. The molecule has 3 rings (SSSR count). The highest BCUT2D eigenvalue weighted by Gasteiger charge is 2.18. The maximum Gasteiger partial charge on any atom is 0.274 e. The van der Waals surface area contributed by atoms with E-state index < -0.39 is 4.92 Å². The SMILES string of the molecule is Cc1ccc([N+](=O)[O-])c(C)c1NC(=O)c1ccc2ncsc2c1. The third kappa shape index (κ3) is 2.78. The van der Waals surface area contributed by atoms with Crippen LogP contribution in [-0.2, 0) is 0 Å². The molecular formula is C16H13N3O3S. The fraction of sp³-hybridized carbons (Fsp3) is 0.125.